The molecule has 2 N–H and O–H groups in total. The van der Waals surface area contributed by atoms with Crippen LogP contribution in [0.1, 0.15) is 42.5 Å². The van der Waals surface area contributed by atoms with Gasteiger partial charge in [0.1, 0.15) is 6.04 Å². The monoisotopic (exact) mass is 265 g/mol. The number of aromatic nitrogens is 2. The van der Waals surface area contributed by atoms with E-state index in [4.69, 9.17) is 0 Å². The summed E-state index contributed by atoms with van der Waals surface area (Å²) in [5.41, 5.74) is 0.393. The number of carboxylic acids is 1. The molecule has 1 saturated carbocycles. The number of carbonyl (C=O) groups excluding carboxylic acids is 1. The van der Waals surface area contributed by atoms with Crippen LogP contribution in [0.5, 0.6) is 0 Å². The largest absolute Gasteiger partial charge is 0.480 e. The van der Waals surface area contributed by atoms with E-state index in [2.05, 4.69) is 10.4 Å². The second kappa shape index (κ2) is 5.86. The predicted octanol–water partition coefficient (Wildman–Crippen LogP) is 1.18. The number of amides is 1. The number of rotatable bonds is 4. The fourth-order valence-corrected chi connectivity index (χ4v) is 2.61. The normalized spacial score (nSPS) is 17.9. The van der Waals surface area contributed by atoms with Crippen molar-refractivity contribution in [2.75, 3.05) is 0 Å². The lowest BCUT2D eigenvalue weighted by Gasteiger charge is -2.27. The molecule has 0 bridgehead atoms. The van der Waals surface area contributed by atoms with Crippen LogP contribution in [0.15, 0.2) is 12.4 Å². The fraction of sp³-hybridized carbons (Fsp3) is 0.615. The first kappa shape index (κ1) is 13.6. The summed E-state index contributed by atoms with van der Waals surface area (Å²) < 4.78 is 1.52. The predicted molar refractivity (Wildman–Crippen MR) is 68.7 cm³/mol. The van der Waals surface area contributed by atoms with E-state index in [1.54, 1.807) is 13.2 Å². The molecule has 0 saturated heterocycles. The number of aryl methyl sites for hydroxylation is 1. The van der Waals surface area contributed by atoms with Crippen molar-refractivity contribution in [2.45, 2.75) is 38.1 Å². The molecule has 1 unspecified atom stereocenters. The summed E-state index contributed by atoms with van der Waals surface area (Å²) in [6, 6.07) is -0.798. The highest BCUT2D eigenvalue weighted by molar-refractivity contribution is 5.96. The van der Waals surface area contributed by atoms with E-state index >= 15 is 0 Å². The molecule has 6 nitrogen and oxygen atoms in total. The minimum Gasteiger partial charge on any atom is -0.480 e. The van der Waals surface area contributed by atoms with Gasteiger partial charge in [-0.1, -0.05) is 19.3 Å². The fourth-order valence-electron chi connectivity index (χ4n) is 2.61. The Kier molecular flexibility index (Phi) is 4.19. The first-order chi connectivity index (χ1) is 9.08. The van der Waals surface area contributed by atoms with E-state index in [0.717, 1.165) is 32.1 Å². The molecule has 0 radical (unpaired) electrons. The summed E-state index contributed by atoms with van der Waals surface area (Å²) in [6.07, 6.45) is 7.98. The maximum atomic E-state index is 12.0. The second-order valence-corrected chi connectivity index (χ2v) is 5.09. The Morgan fingerprint density at radius 1 is 1.42 bits per heavy atom. The van der Waals surface area contributed by atoms with Gasteiger partial charge in [-0.25, -0.2) is 4.79 Å². The van der Waals surface area contributed by atoms with Crippen molar-refractivity contribution >= 4 is 11.9 Å². The van der Waals surface area contributed by atoms with Crippen LogP contribution in [0, 0.1) is 5.92 Å². The van der Waals surface area contributed by atoms with Gasteiger partial charge in [0.2, 0.25) is 0 Å². The number of carboxylic acid groups (broad SMARTS) is 1. The Labute approximate surface area is 111 Å². The molecule has 104 valence electrons. The van der Waals surface area contributed by atoms with Crippen LogP contribution in [0.4, 0.5) is 0 Å². The summed E-state index contributed by atoms with van der Waals surface area (Å²) in [4.78, 5) is 23.3. The Hall–Kier alpha value is -1.85. The van der Waals surface area contributed by atoms with Gasteiger partial charge >= 0.3 is 5.97 Å². The highest BCUT2D eigenvalue weighted by Crippen LogP contribution is 2.26. The van der Waals surface area contributed by atoms with Crippen LogP contribution in [-0.4, -0.2) is 32.8 Å². The van der Waals surface area contributed by atoms with Crippen LogP contribution in [0.3, 0.4) is 0 Å². The van der Waals surface area contributed by atoms with Gasteiger partial charge < -0.3 is 10.4 Å². The summed E-state index contributed by atoms with van der Waals surface area (Å²) in [6.45, 7) is 0. The summed E-state index contributed by atoms with van der Waals surface area (Å²) in [5.74, 6) is -1.29. The minimum atomic E-state index is -0.954. The zero-order valence-corrected chi connectivity index (χ0v) is 11.0. The van der Waals surface area contributed by atoms with E-state index in [-0.39, 0.29) is 11.8 Å². The van der Waals surface area contributed by atoms with Crippen molar-refractivity contribution in [1.82, 2.24) is 15.1 Å². The van der Waals surface area contributed by atoms with Gasteiger partial charge in [-0.15, -0.1) is 0 Å². The Morgan fingerprint density at radius 3 is 2.63 bits per heavy atom. The van der Waals surface area contributed by atoms with Gasteiger partial charge in [-0.3, -0.25) is 9.48 Å². The second-order valence-electron chi connectivity index (χ2n) is 5.09. The van der Waals surface area contributed by atoms with Crippen molar-refractivity contribution in [1.29, 1.82) is 0 Å². The molecule has 1 atom stereocenters. The SMILES string of the molecule is Cn1cc(C(=O)NC(C(=O)O)C2CCCCC2)cn1. The zero-order chi connectivity index (χ0) is 13.8. The van der Waals surface area contributed by atoms with Crippen LogP contribution in [0.2, 0.25) is 0 Å². The van der Waals surface area contributed by atoms with E-state index in [1.807, 2.05) is 0 Å². The topological polar surface area (TPSA) is 84.2 Å². The zero-order valence-electron chi connectivity index (χ0n) is 11.0. The van der Waals surface area contributed by atoms with E-state index in [0.29, 0.717) is 5.56 Å². The smallest absolute Gasteiger partial charge is 0.326 e. The van der Waals surface area contributed by atoms with Gasteiger partial charge in [-0.2, -0.15) is 5.10 Å². The third-order valence-electron chi connectivity index (χ3n) is 3.64. The molecule has 6 heteroatoms. The molecule has 2 rings (SSSR count). The van der Waals surface area contributed by atoms with Gasteiger partial charge in [0.15, 0.2) is 0 Å². The summed E-state index contributed by atoms with van der Waals surface area (Å²) >= 11 is 0. The standard InChI is InChI=1S/C13H19N3O3/c1-16-8-10(7-14-16)12(17)15-11(13(18)19)9-5-3-2-4-6-9/h7-9,11H,2-6H2,1H3,(H,15,17)(H,18,19). The molecule has 1 amide bonds. The van der Waals surface area contributed by atoms with Crippen LogP contribution in [-0.2, 0) is 11.8 Å². The molecule has 1 heterocycles. The first-order valence-corrected chi connectivity index (χ1v) is 6.60. The highest BCUT2D eigenvalue weighted by atomic mass is 16.4. The average Bonchev–Trinajstić information content (AvgIpc) is 2.83. The number of aliphatic carboxylic acids is 1. The Morgan fingerprint density at radius 2 is 2.11 bits per heavy atom. The maximum absolute atomic E-state index is 12.0. The molecule has 1 aliphatic rings. The van der Waals surface area contributed by atoms with Gasteiger partial charge in [0.05, 0.1) is 11.8 Å². The first-order valence-electron chi connectivity index (χ1n) is 6.60. The van der Waals surface area contributed by atoms with Crippen molar-refractivity contribution in [3.63, 3.8) is 0 Å². The molecular formula is C13H19N3O3. The third-order valence-corrected chi connectivity index (χ3v) is 3.64. The lowest BCUT2D eigenvalue weighted by atomic mass is 9.84. The molecule has 0 aromatic carbocycles. The minimum absolute atomic E-state index is 0.0341. The molecule has 1 fully saturated rings. The number of hydrogen-bond acceptors (Lipinski definition) is 3. The average molecular weight is 265 g/mol. The molecule has 19 heavy (non-hydrogen) atoms. The molecule has 1 aromatic heterocycles. The van der Waals surface area contributed by atoms with E-state index in [9.17, 15) is 14.7 Å². The van der Waals surface area contributed by atoms with Crippen molar-refractivity contribution in [2.24, 2.45) is 13.0 Å². The Bertz CT molecular complexity index is 463. The number of nitrogens with one attached hydrogen (secondary N) is 1. The molecule has 1 aliphatic carbocycles. The lowest BCUT2D eigenvalue weighted by Crippen LogP contribution is -2.46. The summed E-state index contributed by atoms with van der Waals surface area (Å²) in [7, 11) is 1.71. The van der Waals surface area contributed by atoms with Gasteiger partial charge in [0, 0.05) is 13.2 Å². The lowest BCUT2D eigenvalue weighted by molar-refractivity contribution is -0.141. The van der Waals surface area contributed by atoms with Gasteiger partial charge in [-0.05, 0) is 18.8 Å². The summed E-state index contributed by atoms with van der Waals surface area (Å²) in [5, 5.41) is 15.8. The highest BCUT2D eigenvalue weighted by Gasteiger charge is 2.31. The number of nitrogens with zero attached hydrogens (tertiary/aromatic N) is 2. The van der Waals surface area contributed by atoms with Gasteiger partial charge in [0.25, 0.3) is 5.91 Å². The van der Waals surface area contributed by atoms with Crippen molar-refractivity contribution in [3.05, 3.63) is 18.0 Å². The number of hydrogen-bond donors (Lipinski definition) is 2. The van der Waals surface area contributed by atoms with E-state index < -0.39 is 12.0 Å². The molecule has 0 spiro atoms. The number of carbonyl (C=O) groups is 2. The quantitative estimate of drug-likeness (QED) is 0.856. The van der Waals surface area contributed by atoms with E-state index in [1.165, 1.54) is 10.9 Å². The maximum Gasteiger partial charge on any atom is 0.326 e. The molecule has 0 aliphatic heterocycles. The van der Waals surface area contributed by atoms with Crippen LogP contribution >= 0.6 is 0 Å². The van der Waals surface area contributed by atoms with Crippen LogP contribution in [0.25, 0.3) is 0 Å². The molecule has 1 aromatic rings. The molecular weight excluding hydrogens is 246 g/mol. The third kappa shape index (κ3) is 3.33. The van der Waals surface area contributed by atoms with Crippen molar-refractivity contribution in [3.8, 4) is 0 Å². The van der Waals surface area contributed by atoms with Crippen molar-refractivity contribution < 1.29 is 14.7 Å². The Balaban J connectivity index is 2.04. The van der Waals surface area contributed by atoms with Crippen LogP contribution < -0.4 is 5.32 Å².